The highest BCUT2D eigenvalue weighted by atomic mass is 16.5. The number of para-hydroxylation sites is 1. The van der Waals surface area contributed by atoms with E-state index in [1.807, 2.05) is 55.5 Å². The van der Waals surface area contributed by atoms with Gasteiger partial charge in [0.05, 0.1) is 31.9 Å². The zero-order chi connectivity index (χ0) is 27.1. The highest BCUT2D eigenvalue weighted by Crippen LogP contribution is 2.60. The summed E-state index contributed by atoms with van der Waals surface area (Å²) in [6, 6.07) is 10.4. The highest BCUT2D eigenvalue weighted by molar-refractivity contribution is 6.05. The normalized spacial score (nSPS) is 25.7. The van der Waals surface area contributed by atoms with E-state index in [9.17, 15) is 14.4 Å². The molecule has 1 spiro atoms. The van der Waals surface area contributed by atoms with Gasteiger partial charge in [-0.25, -0.2) is 4.98 Å². The van der Waals surface area contributed by atoms with Crippen molar-refractivity contribution in [3.8, 4) is 0 Å². The van der Waals surface area contributed by atoms with Crippen LogP contribution in [0.3, 0.4) is 0 Å². The molecule has 10 heteroatoms. The zero-order valence-corrected chi connectivity index (χ0v) is 22.1. The lowest BCUT2D eigenvalue weighted by Crippen LogP contribution is -2.47. The van der Waals surface area contributed by atoms with E-state index in [2.05, 4.69) is 15.4 Å². The minimum Gasteiger partial charge on any atom is -0.377 e. The highest BCUT2D eigenvalue weighted by Gasteiger charge is 2.67. The van der Waals surface area contributed by atoms with Crippen molar-refractivity contribution in [2.24, 2.45) is 5.41 Å². The van der Waals surface area contributed by atoms with Crippen LogP contribution < -0.4 is 5.32 Å². The van der Waals surface area contributed by atoms with Gasteiger partial charge >= 0.3 is 0 Å². The lowest BCUT2D eigenvalue weighted by Gasteiger charge is -2.27. The van der Waals surface area contributed by atoms with Crippen LogP contribution in [-0.2, 0) is 32.2 Å². The number of carbonyl (C=O) groups excluding carboxylic acids is 3. The van der Waals surface area contributed by atoms with Crippen molar-refractivity contribution in [2.75, 3.05) is 25.1 Å². The first-order chi connectivity index (χ1) is 18.9. The second-order valence-electron chi connectivity index (χ2n) is 10.6. The van der Waals surface area contributed by atoms with Crippen LogP contribution in [0.5, 0.6) is 0 Å². The average molecular weight is 530 g/mol. The van der Waals surface area contributed by atoms with Crippen molar-refractivity contribution < 1.29 is 23.9 Å². The minimum absolute atomic E-state index is 0.0739. The van der Waals surface area contributed by atoms with Gasteiger partial charge in [-0.15, -0.1) is 0 Å². The van der Waals surface area contributed by atoms with Crippen LogP contribution in [0.4, 0.5) is 5.82 Å². The number of carbonyl (C=O) groups is 3. The van der Waals surface area contributed by atoms with Gasteiger partial charge in [0.2, 0.25) is 11.8 Å². The third kappa shape index (κ3) is 4.74. The number of hydrogen-bond acceptors (Lipinski definition) is 7. The molecule has 0 unspecified atom stereocenters. The van der Waals surface area contributed by atoms with E-state index in [1.165, 1.54) is 6.92 Å². The summed E-state index contributed by atoms with van der Waals surface area (Å²) in [5.41, 5.74) is 2.31. The number of Topliss-reactive ketones (excluding diaryl/α,β-unsaturated/α-hetero) is 1. The molecule has 2 bridgehead atoms. The first-order valence-electron chi connectivity index (χ1n) is 13.2. The number of piperidine rings is 1. The summed E-state index contributed by atoms with van der Waals surface area (Å²) in [7, 11) is 0. The summed E-state index contributed by atoms with van der Waals surface area (Å²) in [4.78, 5) is 46.0. The quantitative estimate of drug-likeness (QED) is 0.410. The second-order valence-corrected chi connectivity index (χ2v) is 10.6. The van der Waals surface area contributed by atoms with E-state index in [0.29, 0.717) is 55.3 Å². The fourth-order valence-corrected chi connectivity index (χ4v) is 5.85. The Hall–Kier alpha value is -3.89. The Kier molecular flexibility index (Phi) is 6.52. The number of ketones is 1. The van der Waals surface area contributed by atoms with Crippen LogP contribution in [0.2, 0.25) is 0 Å². The van der Waals surface area contributed by atoms with Crippen molar-refractivity contribution in [2.45, 2.75) is 51.9 Å². The van der Waals surface area contributed by atoms with Crippen LogP contribution in [0.25, 0.3) is 10.9 Å². The number of aryl methyl sites for hydroxylation is 1. The Bertz CT molecular complexity index is 1500. The third-order valence-corrected chi connectivity index (χ3v) is 7.89. The molecule has 2 aromatic heterocycles. The molecule has 1 saturated heterocycles. The molecule has 39 heavy (non-hydrogen) atoms. The Morgan fingerprint density at radius 3 is 2.72 bits per heavy atom. The summed E-state index contributed by atoms with van der Waals surface area (Å²) in [5, 5.41) is 8.16. The van der Waals surface area contributed by atoms with Crippen molar-refractivity contribution in [1.82, 2.24) is 19.7 Å². The van der Waals surface area contributed by atoms with Gasteiger partial charge < -0.3 is 19.7 Å². The maximum absolute atomic E-state index is 13.9. The second kappa shape index (κ2) is 10.0. The van der Waals surface area contributed by atoms with Crippen LogP contribution in [0, 0.1) is 12.3 Å². The molecule has 6 rings (SSSR count). The average Bonchev–Trinajstić information content (AvgIpc) is 3.32. The Balaban J connectivity index is 1.31. The van der Waals surface area contributed by atoms with Gasteiger partial charge in [-0.05, 0) is 31.9 Å². The molecule has 3 atom stereocenters. The van der Waals surface area contributed by atoms with E-state index in [4.69, 9.17) is 9.47 Å². The first kappa shape index (κ1) is 25.4. The maximum atomic E-state index is 13.9. The number of fused-ring (bicyclic) bond motifs is 3. The molecule has 0 radical (unpaired) electrons. The van der Waals surface area contributed by atoms with Gasteiger partial charge in [0, 0.05) is 35.0 Å². The number of aromatic nitrogens is 3. The summed E-state index contributed by atoms with van der Waals surface area (Å²) < 4.78 is 13.3. The molecule has 202 valence electrons. The van der Waals surface area contributed by atoms with Crippen LogP contribution in [0.1, 0.15) is 41.5 Å². The lowest BCUT2D eigenvalue weighted by molar-refractivity contribution is -0.138. The minimum atomic E-state index is -0.675. The number of nitrogens with one attached hydrogen (secondary N) is 1. The number of rotatable bonds is 3. The van der Waals surface area contributed by atoms with E-state index in [-0.39, 0.29) is 35.6 Å². The molecule has 1 aliphatic carbocycles. The molecule has 1 N–H and O–H groups in total. The molecule has 2 amide bonds. The van der Waals surface area contributed by atoms with Crippen molar-refractivity contribution >= 4 is 34.3 Å². The predicted molar refractivity (Wildman–Crippen MR) is 143 cm³/mol. The monoisotopic (exact) mass is 529 g/mol. The SMILES string of the molecule is CC(=O)c1nn(CC(=O)N2[C@H]3C[C@@]4(COC/C=C/COCc5ccc(C)nc5NC3=O)C[C@@H]24)c2ccccc12. The molecule has 3 aliphatic rings. The standard InChI is InChI=1S/C29H31N5O5/c1-18-9-10-20-16-38-11-5-6-12-39-17-29-13-23(28(37)31-27(20)30-18)34(24(29)14-29)25(36)15-33-22-8-4-3-7-21(22)26(32-33)19(2)35/h3-10,23-24H,11-17H2,1-2H3,(H,30,31,37)/b6-5+/t23-,24+,29-/m0/s1. The lowest BCUT2D eigenvalue weighted by atomic mass is 10.00. The molecule has 2 aliphatic heterocycles. The number of benzene rings is 1. The summed E-state index contributed by atoms with van der Waals surface area (Å²) in [6.45, 7) is 4.87. The van der Waals surface area contributed by atoms with Gasteiger partial charge in [-0.2, -0.15) is 5.10 Å². The van der Waals surface area contributed by atoms with Gasteiger partial charge in [0.15, 0.2) is 5.78 Å². The molecular formula is C29H31N5O5. The maximum Gasteiger partial charge on any atom is 0.248 e. The molecule has 2 fully saturated rings. The molecule has 1 aromatic carbocycles. The van der Waals surface area contributed by atoms with Crippen molar-refractivity contribution in [3.63, 3.8) is 0 Å². The number of likely N-dealkylation sites (tertiary alicyclic amines) is 1. The van der Waals surface area contributed by atoms with Crippen LogP contribution in [-0.4, -0.2) is 69.2 Å². The predicted octanol–water partition coefficient (Wildman–Crippen LogP) is 3.04. The molecule has 10 nitrogen and oxygen atoms in total. The van der Waals surface area contributed by atoms with Crippen LogP contribution in [0.15, 0.2) is 48.6 Å². The Labute approximate surface area is 226 Å². The van der Waals surface area contributed by atoms with E-state index in [0.717, 1.165) is 17.7 Å². The number of amides is 2. The van der Waals surface area contributed by atoms with Crippen molar-refractivity contribution in [1.29, 1.82) is 0 Å². The van der Waals surface area contributed by atoms with Gasteiger partial charge in [0.25, 0.3) is 0 Å². The van der Waals surface area contributed by atoms with Gasteiger partial charge in [-0.1, -0.05) is 36.4 Å². The number of ether oxygens (including phenoxy) is 2. The molecule has 3 aromatic rings. The topological polar surface area (TPSA) is 116 Å². The number of anilines is 1. The third-order valence-electron chi connectivity index (χ3n) is 7.89. The molecule has 1 saturated carbocycles. The molecular weight excluding hydrogens is 498 g/mol. The fourth-order valence-electron chi connectivity index (χ4n) is 5.85. The number of hydrogen-bond donors (Lipinski definition) is 1. The number of nitrogens with zero attached hydrogens (tertiary/aromatic N) is 4. The molecule has 4 heterocycles. The van der Waals surface area contributed by atoms with Gasteiger partial charge in [-0.3, -0.25) is 19.1 Å². The Morgan fingerprint density at radius 1 is 1.10 bits per heavy atom. The fraction of sp³-hybridized carbons (Fsp3) is 0.414. The summed E-state index contributed by atoms with van der Waals surface area (Å²) >= 11 is 0. The zero-order valence-electron chi connectivity index (χ0n) is 22.1. The van der Waals surface area contributed by atoms with Gasteiger partial charge in [0.1, 0.15) is 24.1 Å². The smallest absolute Gasteiger partial charge is 0.248 e. The van der Waals surface area contributed by atoms with E-state index in [1.54, 1.807) is 9.58 Å². The van der Waals surface area contributed by atoms with E-state index >= 15 is 0 Å². The van der Waals surface area contributed by atoms with Crippen molar-refractivity contribution in [3.05, 3.63) is 65.5 Å². The summed E-state index contributed by atoms with van der Waals surface area (Å²) in [5.74, 6) is -0.218. The largest absolute Gasteiger partial charge is 0.377 e. The number of pyridine rings is 1. The van der Waals surface area contributed by atoms with Crippen LogP contribution >= 0.6 is 0 Å². The Morgan fingerprint density at radius 2 is 1.90 bits per heavy atom. The summed E-state index contributed by atoms with van der Waals surface area (Å²) in [6.07, 6.45) is 5.13. The van der Waals surface area contributed by atoms with E-state index < -0.39 is 6.04 Å². The first-order valence-corrected chi connectivity index (χ1v) is 13.2.